The second-order valence-corrected chi connectivity index (χ2v) is 10.5. The quantitative estimate of drug-likeness (QED) is 0.232. The number of fused-ring (bicyclic) bond motifs is 7. The first-order valence-corrected chi connectivity index (χ1v) is 13.3. The standard InChI is InChI=1S/C37H23N/c1-2-10-27(11-3-1)38-34-15-5-4-12-28(34)29-19-18-25(22-35(29)38)24-16-17-26-21-33-30-13-6-8-23-9-7-14-31(36(23)30)37(33)32(26)20-24/h1-20,22H,21H2. The molecule has 2 aliphatic rings. The number of para-hydroxylation sites is 2. The molecule has 2 aliphatic carbocycles. The van der Waals surface area contributed by atoms with Crippen LogP contribution in [0.1, 0.15) is 22.3 Å². The van der Waals surface area contributed by atoms with Crippen LogP contribution in [0.15, 0.2) is 127 Å². The molecule has 0 bridgehead atoms. The lowest BCUT2D eigenvalue weighted by Crippen LogP contribution is -1.94. The van der Waals surface area contributed by atoms with Gasteiger partial charge in [-0.25, -0.2) is 0 Å². The lowest BCUT2D eigenvalue weighted by molar-refractivity contribution is 1.18. The van der Waals surface area contributed by atoms with E-state index in [-0.39, 0.29) is 0 Å². The minimum atomic E-state index is 1.01. The van der Waals surface area contributed by atoms with Crippen LogP contribution < -0.4 is 0 Å². The Morgan fingerprint density at radius 3 is 2.13 bits per heavy atom. The number of allylic oxidation sites excluding steroid dienone is 1. The highest BCUT2D eigenvalue weighted by Gasteiger charge is 2.31. The molecular formula is C37H23N. The van der Waals surface area contributed by atoms with Crippen molar-refractivity contribution < 1.29 is 0 Å². The Kier molecular flexibility index (Phi) is 3.90. The van der Waals surface area contributed by atoms with Gasteiger partial charge in [-0.1, -0.05) is 97.1 Å². The summed E-state index contributed by atoms with van der Waals surface area (Å²) in [6, 6.07) is 47.0. The van der Waals surface area contributed by atoms with Crippen molar-refractivity contribution in [3.8, 4) is 16.8 Å². The van der Waals surface area contributed by atoms with Crippen LogP contribution >= 0.6 is 0 Å². The Morgan fingerprint density at radius 1 is 0.500 bits per heavy atom. The lowest BCUT2D eigenvalue weighted by atomic mass is 9.93. The van der Waals surface area contributed by atoms with E-state index in [0.29, 0.717) is 0 Å². The second kappa shape index (κ2) is 7.34. The summed E-state index contributed by atoms with van der Waals surface area (Å²) < 4.78 is 2.40. The van der Waals surface area contributed by atoms with E-state index in [1.165, 1.54) is 82.8 Å². The highest BCUT2D eigenvalue weighted by atomic mass is 15.0. The predicted molar refractivity (Wildman–Crippen MR) is 160 cm³/mol. The molecule has 0 fully saturated rings. The number of hydrogen-bond acceptors (Lipinski definition) is 0. The summed E-state index contributed by atoms with van der Waals surface area (Å²) in [5.74, 6) is 0. The van der Waals surface area contributed by atoms with E-state index in [4.69, 9.17) is 0 Å². The first-order chi connectivity index (χ1) is 18.8. The first kappa shape index (κ1) is 20.2. The number of rotatable bonds is 2. The molecule has 9 rings (SSSR count). The van der Waals surface area contributed by atoms with Crippen molar-refractivity contribution >= 4 is 43.7 Å². The topological polar surface area (TPSA) is 4.93 Å². The Labute approximate surface area is 220 Å². The van der Waals surface area contributed by atoms with Crippen LogP contribution in [0, 0.1) is 0 Å². The van der Waals surface area contributed by atoms with Crippen LogP contribution in [0.2, 0.25) is 0 Å². The van der Waals surface area contributed by atoms with Crippen LogP contribution in [-0.4, -0.2) is 4.57 Å². The van der Waals surface area contributed by atoms with Crippen molar-refractivity contribution in [3.63, 3.8) is 0 Å². The van der Waals surface area contributed by atoms with Gasteiger partial charge < -0.3 is 4.57 Å². The van der Waals surface area contributed by atoms with Crippen LogP contribution in [0.3, 0.4) is 0 Å². The molecule has 1 aromatic heterocycles. The van der Waals surface area contributed by atoms with Crippen molar-refractivity contribution in [2.45, 2.75) is 6.42 Å². The van der Waals surface area contributed by atoms with Gasteiger partial charge >= 0.3 is 0 Å². The van der Waals surface area contributed by atoms with Crippen LogP contribution in [0.4, 0.5) is 0 Å². The van der Waals surface area contributed by atoms with Gasteiger partial charge in [-0.05, 0) is 92.1 Å². The van der Waals surface area contributed by atoms with Crippen LogP contribution in [0.25, 0.3) is 60.5 Å². The molecule has 0 saturated carbocycles. The molecule has 0 saturated heterocycles. The molecule has 7 aromatic rings. The zero-order valence-corrected chi connectivity index (χ0v) is 20.8. The normalized spacial score (nSPS) is 13.6. The highest BCUT2D eigenvalue weighted by molar-refractivity contribution is 6.20. The molecule has 0 unspecified atom stereocenters. The number of hydrogen-bond donors (Lipinski definition) is 0. The second-order valence-electron chi connectivity index (χ2n) is 10.5. The maximum atomic E-state index is 2.43. The van der Waals surface area contributed by atoms with E-state index in [0.717, 1.165) is 6.42 Å². The molecule has 0 amide bonds. The van der Waals surface area contributed by atoms with Gasteiger partial charge in [-0.3, -0.25) is 0 Å². The molecule has 0 atom stereocenters. The zero-order chi connectivity index (χ0) is 24.8. The van der Waals surface area contributed by atoms with E-state index in [2.05, 4.69) is 132 Å². The fourth-order valence-corrected chi connectivity index (χ4v) is 6.93. The molecule has 38 heavy (non-hydrogen) atoms. The van der Waals surface area contributed by atoms with E-state index < -0.39 is 0 Å². The maximum Gasteiger partial charge on any atom is 0.0547 e. The van der Waals surface area contributed by atoms with E-state index in [1.54, 1.807) is 0 Å². The van der Waals surface area contributed by atoms with Crippen molar-refractivity contribution in [2.75, 3.05) is 0 Å². The van der Waals surface area contributed by atoms with Crippen molar-refractivity contribution in [3.05, 3.63) is 150 Å². The summed E-state index contributed by atoms with van der Waals surface area (Å²) >= 11 is 0. The summed E-state index contributed by atoms with van der Waals surface area (Å²) in [4.78, 5) is 0. The third-order valence-electron chi connectivity index (χ3n) is 8.57. The van der Waals surface area contributed by atoms with Gasteiger partial charge in [0.25, 0.3) is 0 Å². The molecule has 1 nitrogen and oxygen atoms in total. The number of benzene rings is 6. The Balaban J connectivity index is 1.25. The SMILES string of the molecule is c1ccc(-n2c3ccccc3c3ccc(-c4ccc5c(c4)C4=C(C5)c5cccc6cccc4c56)cc32)cc1. The lowest BCUT2D eigenvalue weighted by Gasteiger charge is -2.12. The average Bonchev–Trinajstić information content (AvgIpc) is 3.62. The molecule has 0 N–H and O–H groups in total. The molecule has 0 radical (unpaired) electrons. The Bertz CT molecular complexity index is 2130. The fraction of sp³-hybridized carbons (Fsp3) is 0.0270. The zero-order valence-electron chi connectivity index (χ0n) is 20.8. The molecule has 1 heteroatoms. The van der Waals surface area contributed by atoms with Gasteiger partial charge in [0.05, 0.1) is 11.0 Å². The fourth-order valence-electron chi connectivity index (χ4n) is 6.93. The van der Waals surface area contributed by atoms with Gasteiger partial charge in [-0.15, -0.1) is 0 Å². The van der Waals surface area contributed by atoms with Gasteiger partial charge in [0.2, 0.25) is 0 Å². The Morgan fingerprint density at radius 2 is 1.24 bits per heavy atom. The summed E-state index contributed by atoms with van der Waals surface area (Å²) in [6.45, 7) is 0. The van der Waals surface area contributed by atoms with Gasteiger partial charge in [-0.2, -0.15) is 0 Å². The molecule has 0 spiro atoms. The van der Waals surface area contributed by atoms with Crippen molar-refractivity contribution in [2.24, 2.45) is 0 Å². The summed E-state index contributed by atoms with van der Waals surface area (Å²) in [5.41, 5.74) is 14.8. The Hall–Kier alpha value is -4.88. The monoisotopic (exact) mass is 481 g/mol. The molecule has 1 heterocycles. The van der Waals surface area contributed by atoms with E-state index in [1.807, 2.05) is 0 Å². The number of nitrogens with zero attached hydrogens (tertiary/aromatic N) is 1. The predicted octanol–water partition coefficient (Wildman–Crippen LogP) is 9.43. The molecular weight excluding hydrogens is 458 g/mol. The third-order valence-corrected chi connectivity index (χ3v) is 8.57. The summed E-state index contributed by atoms with van der Waals surface area (Å²) in [6.07, 6.45) is 1.01. The van der Waals surface area contributed by atoms with Crippen molar-refractivity contribution in [1.82, 2.24) is 4.57 Å². The van der Waals surface area contributed by atoms with Gasteiger partial charge in [0.1, 0.15) is 0 Å². The van der Waals surface area contributed by atoms with Gasteiger partial charge in [0.15, 0.2) is 0 Å². The van der Waals surface area contributed by atoms with E-state index in [9.17, 15) is 0 Å². The van der Waals surface area contributed by atoms with Gasteiger partial charge in [0, 0.05) is 16.5 Å². The first-order valence-electron chi connectivity index (χ1n) is 13.3. The van der Waals surface area contributed by atoms with Crippen molar-refractivity contribution in [1.29, 1.82) is 0 Å². The highest BCUT2D eigenvalue weighted by Crippen LogP contribution is 2.51. The minimum absolute atomic E-state index is 1.01. The number of aromatic nitrogens is 1. The smallest absolute Gasteiger partial charge is 0.0547 e. The third kappa shape index (κ3) is 2.60. The summed E-state index contributed by atoms with van der Waals surface area (Å²) in [5, 5.41) is 5.34. The average molecular weight is 482 g/mol. The van der Waals surface area contributed by atoms with E-state index >= 15 is 0 Å². The van der Waals surface area contributed by atoms with Crippen LogP contribution in [0.5, 0.6) is 0 Å². The molecule has 0 aliphatic heterocycles. The molecule has 6 aromatic carbocycles. The summed E-state index contributed by atoms with van der Waals surface area (Å²) in [7, 11) is 0. The molecule has 176 valence electrons. The largest absolute Gasteiger partial charge is 0.309 e. The maximum absolute atomic E-state index is 2.43. The minimum Gasteiger partial charge on any atom is -0.309 e. The van der Waals surface area contributed by atoms with Crippen LogP contribution in [-0.2, 0) is 6.42 Å².